The van der Waals surface area contributed by atoms with Crippen LogP contribution in [0.5, 0.6) is 23.0 Å². The fraction of sp³-hybridized carbons (Fsp3) is 0.286. The molecule has 2 aromatic carbocycles. The van der Waals surface area contributed by atoms with Gasteiger partial charge in [0.25, 0.3) is 0 Å². The van der Waals surface area contributed by atoms with Crippen LogP contribution in [0, 0.1) is 0 Å². The first kappa shape index (κ1) is 18.9. The summed E-state index contributed by atoms with van der Waals surface area (Å²) in [6.45, 7) is 1.22. The molecule has 0 heterocycles. The van der Waals surface area contributed by atoms with Crippen molar-refractivity contribution < 1.29 is 39.5 Å². The van der Waals surface area contributed by atoms with Gasteiger partial charge in [0.05, 0.1) is 23.8 Å². The van der Waals surface area contributed by atoms with Crippen LogP contribution < -0.4 is 4.74 Å². The molecule has 8 heteroatoms. The van der Waals surface area contributed by atoms with Crippen molar-refractivity contribution in [2.75, 3.05) is 7.11 Å². The Morgan fingerprint density at radius 1 is 1.00 bits per heavy atom. The molecule has 2 aliphatic rings. The highest BCUT2D eigenvalue weighted by Crippen LogP contribution is 2.48. The maximum absolute atomic E-state index is 13.1. The lowest BCUT2D eigenvalue weighted by molar-refractivity contribution is -0.136. The molecule has 2 aliphatic carbocycles. The summed E-state index contributed by atoms with van der Waals surface area (Å²) in [4.78, 5) is 38.0. The molecule has 150 valence electrons. The number of aromatic hydroxyl groups is 3. The van der Waals surface area contributed by atoms with Crippen LogP contribution in [0.2, 0.25) is 0 Å². The summed E-state index contributed by atoms with van der Waals surface area (Å²) in [7, 11) is 1.33. The number of phenols is 3. The van der Waals surface area contributed by atoms with Crippen LogP contribution in [0.1, 0.15) is 56.3 Å². The molecule has 1 unspecified atom stereocenters. The lowest BCUT2D eigenvalue weighted by atomic mass is 9.73. The molecule has 0 aromatic heterocycles. The lowest BCUT2D eigenvalue weighted by Gasteiger charge is -2.33. The summed E-state index contributed by atoms with van der Waals surface area (Å²) < 4.78 is 5.02. The zero-order valence-electron chi connectivity index (χ0n) is 15.7. The molecule has 0 aliphatic heterocycles. The van der Waals surface area contributed by atoms with Crippen LogP contribution in [0.25, 0.3) is 0 Å². The van der Waals surface area contributed by atoms with Crippen LogP contribution in [0.4, 0.5) is 0 Å². The average Bonchev–Trinajstić information content (AvgIpc) is 2.68. The number of ketones is 3. The van der Waals surface area contributed by atoms with E-state index in [1.807, 2.05) is 0 Å². The van der Waals surface area contributed by atoms with E-state index in [0.717, 1.165) is 0 Å². The summed E-state index contributed by atoms with van der Waals surface area (Å²) in [6, 6.07) is 2.44. The van der Waals surface area contributed by atoms with Crippen LogP contribution in [-0.2, 0) is 17.6 Å². The molecule has 0 bridgehead atoms. The van der Waals surface area contributed by atoms with Gasteiger partial charge in [-0.15, -0.1) is 0 Å². The van der Waals surface area contributed by atoms with Crippen molar-refractivity contribution in [2.45, 2.75) is 31.8 Å². The maximum Gasteiger partial charge on any atom is 0.202 e. The first-order chi connectivity index (χ1) is 13.6. The summed E-state index contributed by atoms with van der Waals surface area (Å²) in [5.41, 5.74) is -2.74. The quantitative estimate of drug-likeness (QED) is 0.475. The Kier molecular flexibility index (Phi) is 3.95. The van der Waals surface area contributed by atoms with Gasteiger partial charge in [0.1, 0.15) is 28.6 Å². The molecule has 29 heavy (non-hydrogen) atoms. The minimum atomic E-state index is -1.73. The monoisotopic (exact) mass is 398 g/mol. The van der Waals surface area contributed by atoms with Gasteiger partial charge in [0, 0.05) is 29.2 Å². The number of methoxy groups -OCH3 is 1. The molecule has 0 saturated heterocycles. The highest BCUT2D eigenvalue weighted by molar-refractivity contribution is 6.31. The molecule has 4 rings (SSSR count). The van der Waals surface area contributed by atoms with Crippen LogP contribution in [0.15, 0.2) is 12.1 Å². The van der Waals surface area contributed by atoms with Gasteiger partial charge < -0.3 is 25.2 Å². The van der Waals surface area contributed by atoms with E-state index in [1.54, 1.807) is 0 Å². The number of fused-ring (bicyclic) bond motifs is 3. The van der Waals surface area contributed by atoms with Gasteiger partial charge in [-0.3, -0.25) is 14.4 Å². The number of rotatable bonds is 2. The molecule has 0 radical (unpaired) electrons. The lowest BCUT2D eigenvalue weighted by Crippen LogP contribution is -2.42. The minimum absolute atomic E-state index is 0.00227. The van der Waals surface area contributed by atoms with E-state index in [0.29, 0.717) is 0 Å². The molecule has 1 atom stereocenters. The summed E-state index contributed by atoms with van der Waals surface area (Å²) in [5.74, 6) is -3.48. The normalized spacial score (nSPS) is 20.0. The van der Waals surface area contributed by atoms with E-state index < -0.39 is 51.3 Å². The Bertz CT molecular complexity index is 1130. The number of carbonyl (C=O) groups is 3. The third kappa shape index (κ3) is 2.45. The number of phenolic OH excluding ortho intramolecular Hbond substituents is 3. The number of ether oxygens (including phenoxy) is 1. The molecule has 4 N–H and O–H groups in total. The van der Waals surface area contributed by atoms with Crippen molar-refractivity contribution in [3.8, 4) is 23.0 Å². The van der Waals surface area contributed by atoms with Gasteiger partial charge in [-0.1, -0.05) is 0 Å². The number of hydrogen-bond acceptors (Lipinski definition) is 8. The van der Waals surface area contributed by atoms with Gasteiger partial charge >= 0.3 is 0 Å². The summed E-state index contributed by atoms with van der Waals surface area (Å²) in [5, 5.41) is 42.4. The van der Waals surface area contributed by atoms with E-state index >= 15 is 0 Å². The number of aliphatic hydroxyl groups is 1. The molecule has 2 aromatic rings. The maximum atomic E-state index is 13.1. The number of hydrogen-bond donors (Lipinski definition) is 4. The van der Waals surface area contributed by atoms with E-state index in [-0.39, 0.29) is 47.3 Å². The zero-order chi connectivity index (χ0) is 21.2. The van der Waals surface area contributed by atoms with E-state index in [1.165, 1.54) is 26.2 Å². The third-order valence-electron chi connectivity index (χ3n) is 5.83. The predicted octanol–water partition coefficient (Wildman–Crippen LogP) is 1.40. The Morgan fingerprint density at radius 2 is 1.62 bits per heavy atom. The number of carbonyl (C=O) groups excluding carboxylic acids is 3. The molecular weight excluding hydrogens is 380 g/mol. The number of Topliss-reactive ketones (excluding diaryl/α,β-unsaturated/α-hetero) is 1. The summed E-state index contributed by atoms with van der Waals surface area (Å²) in [6.07, 6.45) is -0.259. The fourth-order valence-electron chi connectivity index (χ4n) is 4.14. The minimum Gasteiger partial charge on any atom is -0.507 e. The van der Waals surface area contributed by atoms with Crippen molar-refractivity contribution in [3.05, 3.63) is 45.5 Å². The Labute approximate surface area is 165 Å². The van der Waals surface area contributed by atoms with E-state index in [2.05, 4.69) is 0 Å². The third-order valence-corrected chi connectivity index (χ3v) is 5.83. The Hall–Kier alpha value is -3.39. The van der Waals surface area contributed by atoms with Gasteiger partial charge in [-0.25, -0.2) is 0 Å². The van der Waals surface area contributed by atoms with Gasteiger partial charge in [-0.2, -0.15) is 0 Å². The largest absolute Gasteiger partial charge is 0.507 e. The molecule has 8 nitrogen and oxygen atoms in total. The predicted molar refractivity (Wildman–Crippen MR) is 99.0 cm³/mol. The van der Waals surface area contributed by atoms with Crippen LogP contribution >= 0.6 is 0 Å². The van der Waals surface area contributed by atoms with Gasteiger partial charge in [0.2, 0.25) is 5.78 Å². The van der Waals surface area contributed by atoms with E-state index in [4.69, 9.17) is 4.74 Å². The molecule has 0 saturated carbocycles. The first-order valence-corrected chi connectivity index (χ1v) is 8.94. The Balaban J connectivity index is 2.00. The zero-order valence-corrected chi connectivity index (χ0v) is 15.7. The summed E-state index contributed by atoms with van der Waals surface area (Å²) >= 11 is 0. The molecule has 0 amide bonds. The second kappa shape index (κ2) is 6.05. The van der Waals surface area contributed by atoms with Crippen molar-refractivity contribution in [2.24, 2.45) is 0 Å². The molecule has 0 spiro atoms. The van der Waals surface area contributed by atoms with Crippen LogP contribution in [-0.4, -0.2) is 50.5 Å². The second-order valence-corrected chi connectivity index (χ2v) is 7.40. The van der Waals surface area contributed by atoms with Gasteiger partial charge in [-0.05, 0) is 25.8 Å². The Morgan fingerprint density at radius 3 is 2.24 bits per heavy atom. The fourth-order valence-corrected chi connectivity index (χ4v) is 4.14. The van der Waals surface area contributed by atoms with Crippen molar-refractivity contribution in [1.29, 1.82) is 0 Å². The van der Waals surface area contributed by atoms with Crippen LogP contribution in [0.3, 0.4) is 0 Å². The smallest absolute Gasteiger partial charge is 0.202 e. The van der Waals surface area contributed by atoms with Gasteiger partial charge in [0.15, 0.2) is 11.6 Å². The van der Waals surface area contributed by atoms with E-state index in [9.17, 15) is 34.8 Å². The highest BCUT2D eigenvalue weighted by Gasteiger charge is 2.44. The molecule has 0 fully saturated rings. The average molecular weight is 398 g/mol. The highest BCUT2D eigenvalue weighted by atomic mass is 16.5. The standard InChI is InChI=1S/C21H18O8/c1-8(22)21(28)4-3-10-12(7-21)19(26)15-16(17(10)24)20(27)14-11(18(15)25)5-9(29-2)6-13(14)23/h5-6,23-24,26,28H,3-4,7H2,1-2H3. The van der Waals surface area contributed by atoms with Crippen molar-refractivity contribution in [3.63, 3.8) is 0 Å². The SMILES string of the molecule is COc1cc(O)c2c(c1)C(=O)c1c(O)c3c(c(O)c1C2=O)CCC(O)(C(C)=O)C3. The van der Waals surface area contributed by atoms with Crippen molar-refractivity contribution >= 4 is 17.3 Å². The second-order valence-electron chi connectivity index (χ2n) is 7.40. The van der Waals surface area contributed by atoms with Crippen molar-refractivity contribution in [1.82, 2.24) is 0 Å². The number of benzene rings is 2. The topological polar surface area (TPSA) is 141 Å². The molecular formula is C21H18O8. The first-order valence-electron chi connectivity index (χ1n) is 8.94.